The fourth-order valence-electron chi connectivity index (χ4n) is 1.41. The van der Waals surface area contributed by atoms with Crippen molar-refractivity contribution in [2.24, 2.45) is 0 Å². The van der Waals surface area contributed by atoms with E-state index >= 15 is 0 Å². The molecular formula is C8H12N2Na2O6P2S. The van der Waals surface area contributed by atoms with Crippen LogP contribution in [0.2, 0.25) is 0 Å². The summed E-state index contributed by atoms with van der Waals surface area (Å²) >= 11 is 1.05. The van der Waals surface area contributed by atoms with Crippen LogP contribution in [0.25, 0.3) is 10.2 Å². The van der Waals surface area contributed by atoms with Crippen molar-refractivity contribution in [3.63, 3.8) is 0 Å². The number of aromatic nitrogens is 1. The molecule has 2 aromatic rings. The summed E-state index contributed by atoms with van der Waals surface area (Å²) in [5.74, 6) is 0. The van der Waals surface area contributed by atoms with Crippen molar-refractivity contribution in [1.82, 2.24) is 4.98 Å². The number of para-hydroxylation sites is 1. The quantitative estimate of drug-likeness (QED) is 0.375. The maximum absolute atomic E-state index is 11.1. The van der Waals surface area contributed by atoms with Crippen molar-refractivity contribution in [3.8, 4) is 0 Å². The summed E-state index contributed by atoms with van der Waals surface area (Å²) in [5.41, 5.74) is -1.72. The van der Waals surface area contributed by atoms with Gasteiger partial charge in [-0.05, 0) is 12.1 Å². The van der Waals surface area contributed by atoms with E-state index in [9.17, 15) is 9.13 Å². The van der Waals surface area contributed by atoms with E-state index in [1.54, 1.807) is 24.3 Å². The topological polar surface area (TPSA) is 140 Å². The average molecular weight is 372 g/mol. The van der Waals surface area contributed by atoms with Crippen molar-refractivity contribution in [2.75, 3.05) is 5.32 Å². The summed E-state index contributed by atoms with van der Waals surface area (Å²) in [6.45, 7) is 0. The van der Waals surface area contributed by atoms with Gasteiger partial charge in [-0.2, -0.15) is 0 Å². The van der Waals surface area contributed by atoms with Gasteiger partial charge in [0.1, 0.15) is 0 Å². The molecule has 5 N–H and O–H groups in total. The zero-order chi connectivity index (χ0) is 14.3. The molecule has 0 aliphatic rings. The van der Waals surface area contributed by atoms with Gasteiger partial charge >= 0.3 is 74.3 Å². The Balaban J connectivity index is 0.00000200. The van der Waals surface area contributed by atoms with E-state index in [0.29, 0.717) is 5.52 Å². The Labute approximate surface area is 168 Å². The fourth-order valence-corrected chi connectivity index (χ4v) is 4.63. The van der Waals surface area contributed by atoms with Crippen LogP contribution in [-0.2, 0) is 9.13 Å². The van der Waals surface area contributed by atoms with Crippen molar-refractivity contribution in [1.29, 1.82) is 0 Å². The van der Waals surface area contributed by atoms with Crippen LogP contribution in [0.15, 0.2) is 24.3 Å². The Kier molecular flexibility index (Phi) is 8.83. The number of benzene rings is 1. The molecule has 13 heteroatoms. The van der Waals surface area contributed by atoms with Gasteiger partial charge in [0.15, 0.2) is 5.13 Å². The molecule has 1 aromatic heterocycles. The molecule has 108 valence electrons. The Morgan fingerprint density at radius 2 is 1.57 bits per heavy atom. The molecule has 0 saturated carbocycles. The van der Waals surface area contributed by atoms with E-state index in [4.69, 9.17) is 19.6 Å². The Hall–Kier alpha value is 1.21. The zero-order valence-corrected chi connectivity index (χ0v) is 11.8. The molecule has 0 unspecified atom stereocenters. The number of nitrogens with zero attached hydrogens (tertiary/aromatic N) is 1. The molecular weight excluding hydrogens is 360 g/mol. The van der Waals surface area contributed by atoms with Crippen LogP contribution in [0.1, 0.15) is 0 Å². The van der Waals surface area contributed by atoms with Gasteiger partial charge in [-0.1, -0.05) is 23.5 Å². The third kappa shape index (κ3) is 5.97. The molecule has 0 radical (unpaired) electrons. The van der Waals surface area contributed by atoms with Crippen LogP contribution in [0.5, 0.6) is 0 Å². The first-order valence-corrected chi connectivity index (χ1v) is 9.08. The first-order chi connectivity index (χ1) is 8.68. The standard InChI is InChI=1S/C8H10N2O6P2S.2Na.2H/c11-17(12,13)8(18(14,15)16)10-7-9-5-3-1-2-4-6(5)19-7;;;;/h1-4,8H,(H,9,10)(H2,11,12,13)(H2,14,15,16);;;;. The van der Waals surface area contributed by atoms with Crippen LogP contribution >= 0.6 is 26.5 Å². The number of hydrogen-bond acceptors (Lipinski definition) is 5. The van der Waals surface area contributed by atoms with Gasteiger partial charge in [-0.3, -0.25) is 9.13 Å². The number of anilines is 1. The Bertz CT molecular complexity index is 646. The summed E-state index contributed by atoms with van der Waals surface area (Å²) < 4.78 is 23.0. The molecule has 0 atom stereocenters. The third-order valence-electron chi connectivity index (χ3n) is 2.18. The minimum atomic E-state index is -5.01. The summed E-state index contributed by atoms with van der Waals surface area (Å²) in [6, 6.07) is 6.91. The van der Waals surface area contributed by atoms with E-state index in [1.807, 2.05) is 0 Å². The van der Waals surface area contributed by atoms with Crippen LogP contribution < -0.4 is 5.32 Å². The molecule has 0 saturated heterocycles. The van der Waals surface area contributed by atoms with Crippen LogP contribution in [0, 0.1) is 0 Å². The van der Waals surface area contributed by atoms with Gasteiger partial charge in [0.2, 0.25) is 5.52 Å². The third-order valence-corrected chi connectivity index (χ3v) is 6.49. The van der Waals surface area contributed by atoms with E-state index < -0.39 is 20.7 Å². The molecule has 0 bridgehead atoms. The summed E-state index contributed by atoms with van der Waals surface area (Å²) in [7, 11) is -10.0. The first-order valence-electron chi connectivity index (χ1n) is 4.90. The van der Waals surface area contributed by atoms with Crippen molar-refractivity contribution in [3.05, 3.63) is 24.3 Å². The number of hydrogen-bond donors (Lipinski definition) is 5. The van der Waals surface area contributed by atoms with E-state index in [2.05, 4.69) is 10.3 Å². The van der Waals surface area contributed by atoms with Crippen LogP contribution in [0.3, 0.4) is 0 Å². The predicted octanol–water partition coefficient (Wildman–Crippen LogP) is 0.0502. The Morgan fingerprint density at radius 1 is 1.05 bits per heavy atom. The molecule has 0 amide bonds. The predicted molar refractivity (Wildman–Crippen MR) is 85.4 cm³/mol. The number of nitrogens with one attached hydrogen (secondary N) is 1. The van der Waals surface area contributed by atoms with E-state index in [1.165, 1.54) is 0 Å². The molecule has 21 heavy (non-hydrogen) atoms. The van der Waals surface area contributed by atoms with Gasteiger partial charge in [-0.25, -0.2) is 4.98 Å². The van der Waals surface area contributed by atoms with Gasteiger partial charge in [0.05, 0.1) is 10.2 Å². The van der Waals surface area contributed by atoms with Crippen molar-refractivity contribution in [2.45, 2.75) is 5.52 Å². The molecule has 1 aromatic carbocycles. The molecule has 0 fully saturated rings. The van der Waals surface area contributed by atoms with Gasteiger partial charge in [0.25, 0.3) is 0 Å². The maximum atomic E-state index is 11.1. The SMILES string of the molecule is O=P(O)(O)C(Nc1nc2ccccc2s1)P(=O)(O)O.[NaH].[NaH]. The zero-order valence-electron chi connectivity index (χ0n) is 9.24. The fraction of sp³-hybridized carbons (Fsp3) is 0.125. The molecule has 0 aliphatic carbocycles. The van der Waals surface area contributed by atoms with Crippen molar-refractivity contribution < 1.29 is 28.7 Å². The molecule has 0 spiro atoms. The second-order valence-corrected chi connectivity index (χ2v) is 8.51. The Morgan fingerprint density at radius 3 is 2.05 bits per heavy atom. The number of rotatable bonds is 4. The van der Waals surface area contributed by atoms with Crippen molar-refractivity contribution >= 4 is 101 Å². The molecule has 2 rings (SSSR count). The van der Waals surface area contributed by atoms with Crippen LogP contribution in [-0.4, -0.2) is 89.2 Å². The normalized spacial score (nSPS) is 11.9. The minimum absolute atomic E-state index is 0. The van der Waals surface area contributed by atoms with Gasteiger partial charge < -0.3 is 24.9 Å². The monoisotopic (exact) mass is 372 g/mol. The number of thiazole rings is 1. The van der Waals surface area contributed by atoms with E-state index in [0.717, 1.165) is 16.0 Å². The van der Waals surface area contributed by atoms with Gasteiger partial charge in [0, 0.05) is 0 Å². The molecule has 0 aliphatic heterocycles. The summed E-state index contributed by atoms with van der Waals surface area (Å²) in [5, 5.41) is 2.17. The number of fused-ring (bicyclic) bond motifs is 1. The second-order valence-electron chi connectivity index (χ2n) is 3.68. The van der Waals surface area contributed by atoms with Gasteiger partial charge in [-0.15, -0.1) is 0 Å². The average Bonchev–Trinajstić information content (AvgIpc) is 2.65. The first kappa shape index (κ1) is 22.2. The second kappa shape index (κ2) is 8.35. The summed E-state index contributed by atoms with van der Waals surface area (Å²) in [4.78, 5) is 39.9. The van der Waals surface area contributed by atoms with E-state index in [-0.39, 0.29) is 64.2 Å². The molecule has 8 nitrogen and oxygen atoms in total. The summed E-state index contributed by atoms with van der Waals surface area (Å²) in [6.07, 6.45) is 0. The molecule has 1 heterocycles. The van der Waals surface area contributed by atoms with Crippen LogP contribution in [0.4, 0.5) is 5.13 Å².